The van der Waals surface area contributed by atoms with Gasteiger partial charge in [0.15, 0.2) is 0 Å². The van der Waals surface area contributed by atoms with E-state index < -0.39 is 6.10 Å². The smallest absolute Gasteiger partial charge is 0.0897 e. The highest BCUT2D eigenvalue weighted by Gasteiger charge is 2.03. The van der Waals surface area contributed by atoms with Gasteiger partial charge in [-0.2, -0.15) is 0 Å². The predicted molar refractivity (Wildman–Crippen MR) is 69.3 cm³/mol. The Balaban J connectivity index is 1.92. The number of aliphatic hydroxyl groups excluding tert-OH is 1. The van der Waals surface area contributed by atoms with E-state index >= 15 is 0 Å². The lowest BCUT2D eigenvalue weighted by atomic mass is 10.3. The molecule has 2 N–H and O–H groups in total. The standard InChI is InChI=1S/C12H21NO3S/c1-2-15-5-6-16-10-11(14)8-13-9-12-4-3-7-17-12/h3-4,7,11,13-14H,2,5-6,8-10H2,1H3. The molecule has 0 aliphatic carbocycles. The molecule has 1 heterocycles. The first-order valence-corrected chi connectivity index (χ1v) is 6.77. The average molecular weight is 259 g/mol. The fourth-order valence-corrected chi connectivity index (χ4v) is 1.99. The minimum Gasteiger partial charge on any atom is -0.389 e. The summed E-state index contributed by atoms with van der Waals surface area (Å²) >= 11 is 1.71. The molecule has 1 aromatic rings. The highest BCUT2D eigenvalue weighted by molar-refractivity contribution is 7.09. The van der Waals surface area contributed by atoms with E-state index in [1.165, 1.54) is 4.88 Å². The maximum Gasteiger partial charge on any atom is 0.0897 e. The lowest BCUT2D eigenvalue weighted by Crippen LogP contribution is -2.30. The van der Waals surface area contributed by atoms with Gasteiger partial charge in [0.2, 0.25) is 0 Å². The zero-order valence-electron chi connectivity index (χ0n) is 10.2. The van der Waals surface area contributed by atoms with Gasteiger partial charge in [-0.3, -0.25) is 0 Å². The second kappa shape index (κ2) is 9.56. The quantitative estimate of drug-likeness (QED) is 0.621. The molecule has 0 spiro atoms. The molecule has 98 valence electrons. The zero-order chi connectivity index (χ0) is 12.3. The van der Waals surface area contributed by atoms with Crippen LogP contribution in [0.15, 0.2) is 17.5 Å². The van der Waals surface area contributed by atoms with E-state index in [1.54, 1.807) is 11.3 Å². The van der Waals surface area contributed by atoms with Gasteiger partial charge in [-0.15, -0.1) is 11.3 Å². The van der Waals surface area contributed by atoms with Gasteiger partial charge in [0.1, 0.15) is 0 Å². The SMILES string of the molecule is CCOCCOCC(O)CNCc1cccs1. The number of thiophene rings is 1. The fourth-order valence-electron chi connectivity index (χ4n) is 1.32. The van der Waals surface area contributed by atoms with Crippen LogP contribution in [0.4, 0.5) is 0 Å². The molecule has 4 nitrogen and oxygen atoms in total. The lowest BCUT2D eigenvalue weighted by Gasteiger charge is -2.11. The minimum absolute atomic E-state index is 0.352. The molecule has 0 saturated heterocycles. The topological polar surface area (TPSA) is 50.7 Å². The number of rotatable bonds is 10. The number of aliphatic hydroxyl groups is 1. The highest BCUT2D eigenvalue weighted by atomic mass is 32.1. The van der Waals surface area contributed by atoms with Crippen LogP contribution in [0, 0.1) is 0 Å². The Labute approximate surface area is 107 Å². The summed E-state index contributed by atoms with van der Waals surface area (Å²) < 4.78 is 10.4. The molecule has 0 aromatic carbocycles. The Morgan fingerprint density at radius 2 is 2.24 bits per heavy atom. The Kier molecular flexibility index (Phi) is 8.21. The molecule has 0 amide bonds. The van der Waals surface area contributed by atoms with E-state index in [0.717, 1.165) is 6.54 Å². The Morgan fingerprint density at radius 3 is 2.94 bits per heavy atom. The van der Waals surface area contributed by atoms with Crippen LogP contribution in [0.3, 0.4) is 0 Å². The number of hydrogen-bond donors (Lipinski definition) is 2. The summed E-state index contributed by atoms with van der Waals surface area (Å²) in [6, 6.07) is 4.09. The second-order valence-electron chi connectivity index (χ2n) is 3.64. The van der Waals surface area contributed by atoms with E-state index in [9.17, 15) is 5.11 Å². The van der Waals surface area contributed by atoms with E-state index in [0.29, 0.717) is 33.0 Å². The normalized spacial score (nSPS) is 12.8. The Bertz CT molecular complexity index is 267. The van der Waals surface area contributed by atoms with Crippen LogP contribution in [0.25, 0.3) is 0 Å². The number of nitrogens with one attached hydrogen (secondary N) is 1. The summed E-state index contributed by atoms with van der Waals surface area (Å²) in [5.41, 5.74) is 0. The van der Waals surface area contributed by atoms with Crippen molar-refractivity contribution in [2.75, 3.05) is 33.0 Å². The van der Waals surface area contributed by atoms with Crippen molar-refractivity contribution < 1.29 is 14.6 Å². The molecule has 5 heteroatoms. The van der Waals surface area contributed by atoms with Crippen molar-refractivity contribution in [3.05, 3.63) is 22.4 Å². The molecular formula is C12H21NO3S. The van der Waals surface area contributed by atoms with Crippen LogP contribution in [0.1, 0.15) is 11.8 Å². The van der Waals surface area contributed by atoms with E-state index in [-0.39, 0.29) is 0 Å². The molecule has 0 radical (unpaired) electrons. The molecule has 1 rings (SSSR count). The van der Waals surface area contributed by atoms with Crippen LogP contribution in [0.5, 0.6) is 0 Å². The summed E-state index contributed by atoms with van der Waals surface area (Å²) in [6.07, 6.45) is -0.461. The average Bonchev–Trinajstić information content (AvgIpc) is 2.82. The zero-order valence-corrected chi connectivity index (χ0v) is 11.0. The molecule has 1 atom stereocenters. The van der Waals surface area contributed by atoms with Crippen LogP contribution >= 0.6 is 11.3 Å². The third kappa shape index (κ3) is 7.46. The highest BCUT2D eigenvalue weighted by Crippen LogP contribution is 2.07. The second-order valence-corrected chi connectivity index (χ2v) is 4.67. The molecule has 17 heavy (non-hydrogen) atoms. The third-order valence-corrected chi connectivity index (χ3v) is 3.02. The first kappa shape index (κ1) is 14.6. The van der Waals surface area contributed by atoms with Crippen molar-refractivity contribution >= 4 is 11.3 Å². The lowest BCUT2D eigenvalue weighted by molar-refractivity contribution is 0.00644. The van der Waals surface area contributed by atoms with Gasteiger partial charge in [-0.1, -0.05) is 6.07 Å². The Morgan fingerprint density at radius 1 is 1.41 bits per heavy atom. The molecule has 1 unspecified atom stereocenters. The molecule has 0 aliphatic rings. The first-order chi connectivity index (χ1) is 8.33. The third-order valence-electron chi connectivity index (χ3n) is 2.15. The van der Waals surface area contributed by atoms with Crippen LogP contribution in [-0.4, -0.2) is 44.2 Å². The largest absolute Gasteiger partial charge is 0.389 e. The summed E-state index contributed by atoms with van der Waals surface area (Å²) in [6.45, 7) is 5.48. The van der Waals surface area contributed by atoms with E-state index in [1.807, 2.05) is 18.4 Å². The van der Waals surface area contributed by atoms with Crippen molar-refractivity contribution in [2.45, 2.75) is 19.6 Å². The van der Waals surface area contributed by atoms with Crippen LogP contribution < -0.4 is 5.32 Å². The molecule has 0 bridgehead atoms. The van der Waals surface area contributed by atoms with Crippen molar-refractivity contribution in [1.29, 1.82) is 0 Å². The summed E-state index contributed by atoms with van der Waals surface area (Å²) in [4.78, 5) is 1.27. The van der Waals surface area contributed by atoms with Crippen LogP contribution in [0.2, 0.25) is 0 Å². The van der Waals surface area contributed by atoms with Gasteiger partial charge in [0.25, 0.3) is 0 Å². The minimum atomic E-state index is -0.461. The number of ether oxygens (including phenoxy) is 2. The van der Waals surface area contributed by atoms with Gasteiger partial charge in [0.05, 0.1) is 25.9 Å². The van der Waals surface area contributed by atoms with E-state index in [2.05, 4.69) is 11.4 Å². The molecular weight excluding hydrogens is 238 g/mol. The molecule has 0 aliphatic heterocycles. The van der Waals surface area contributed by atoms with Crippen molar-refractivity contribution in [3.8, 4) is 0 Å². The maximum absolute atomic E-state index is 9.61. The van der Waals surface area contributed by atoms with E-state index in [4.69, 9.17) is 9.47 Å². The Hall–Kier alpha value is -0.460. The first-order valence-electron chi connectivity index (χ1n) is 5.89. The maximum atomic E-state index is 9.61. The summed E-state index contributed by atoms with van der Waals surface area (Å²) in [7, 11) is 0. The summed E-state index contributed by atoms with van der Waals surface area (Å²) in [5.74, 6) is 0. The van der Waals surface area contributed by atoms with Gasteiger partial charge < -0.3 is 19.9 Å². The molecule has 0 fully saturated rings. The van der Waals surface area contributed by atoms with Gasteiger partial charge >= 0.3 is 0 Å². The monoisotopic (exact) mass is 259 g/mol. The van der Waals surface area contributed by atoms with Gasteiger partial charge in [-0.05, 0) is 18.4 Å². The van der Waals surface area contributed by atoms with Crippen LogP contribution in [-0.2, 0) is 16.0 Å². The van der Waals surface area contributed by atoms with Crippen molar-refractivity contribution in [3.63, 3.8) is 0 Å². The van der Waals surface area contributed by atoms with Gasteiger partial charge in [-0.25, -0.2) is 0 Å². The van der Waals surface area contributed by atoms with Crippen molar-refractivity contribution in [2.24, 2.45) is 0 Å². The molecule has 0 saturated carbocycles. The fraction of sp³-hybridized carbons (Fsp3) is 0.667. The summed E-state index contributed by atoms with van der Waals surface area (Å²) in [5, 5.41) is 14.8. The van der Waals surface area contributed by atoms with Crippen molar-refractivity contribution in [1.82, 2.24) is 5.32 Å². The molecule has 1 aromatic heterocycles. The number of hydrogen-bond acceptors (Lipinski definition) is 5. The van der Waals surface area contributed by atoms with Gasteiger partial charge in [0, 0.05) is 24.6 Å². The predicted octanol–water partition coefficient (Wildman–Crippen LogP) is 1.25.